The van der Waals surface area contributed by atoms with Gasteiger partial charge in [-0.25, -0.2) is 8.42 Å². The third-order valence-corrected chi connectivity index (χ3v) is 8.30. The summed E-state index contributed by atoms with van der Waals surface area (Å²) in [5.41, 5.74) is 3.66. The number of hydrogen-bond donors (Lipinski definition) is 0. The monoisotopic (exact) mass is 552 g/mol. The average Bonchev–Trinajstić information content (AvgIpc) is 3.15. The van der Waals surface area contributed by atoms with Gasteiger partial charge in [-0.2, -0.15) is 0 Å². The number of anilines is 1. The molecule has 0 saturated heterocycles. The van der Waals surface area contributed by atoms with Crippen LogP contribution in [0.2, 0.25) is 5.02 Å². The Morgan fingerprint density at radius 3 is 2.45 bits per heavy atom. The van der Waals surface area contributed by atoms with E-state index in [1.54, 1.807) is 54.6 Å². The van der Waals surface area contributed by atoms with Crippen LogP contribution < -0.4 is 9.04 Å². The molecule has 0 spiro atoms. The molecule has 4 aromatic rings. The lowest BCUT2D eigenvalue weighted by Crippen LogP contribution is -2.29. The highest BCUT2D eigenvalue weighted by atomic mass is 35.5. The second-order valence-corrected chi connectivity index (χ2v) is 10.7. The average molecular weight is 553 g/mol. The van der Waals surface area contributed by atoms with Crippen LogP contribution in [-0.4, -0.2) is 26.5 Å². The number of esters is 1. The van der Waals surface area contributed by atoms with Gasteiger partial charge < -0.3 is 9.47 Å². The molecular formula is C29H29ClN2O5S. The van der Waals surface area contributed by atoms with E-state index in [1.807, 2.05) is 39.0 Å². The molecular weight excluding hydrogens is 524 g/mol. The van der Waals surface area contributed by atoms with Crippen LogP contribution in [0.15, 0.2) is 77.7 Å². The molecule has 1 unspecified atom stereocenters. The maximum atomic E-state index is 13.4. The largest absolute Gasteiger partial charge is 0.489 e. The fraction of sp³-hybridized carbons (Fsp3) is 0.241. The highest BCUT2D eigenvalue weighted by Crippen LogP contribution is 2.44. The van der Waals surface area contributed by atoms with Gasteiger partial charge in [-0.05, 0) is 67.1 Å². The third kappa shape index (κ3) is 5.33. The number of pyridine rings is 1. The summed E-state index contributed by atoms with van der Waals surface area (Å²) in [7, 11) is -2.55. The summed E-state index contributed by atoms with van der Waals surface area (Å²) in [6.07, 6.45) is -0.0952. The van der Waals surface area contributed by atoms with E-state index in [-0.39, 0.29) is 17.9 Å². The molecule has 5 rings (SSSR count). The predicted molar refractivity (Wildman–Crippen MR) is 149 cm³/mol. The van der Waals surface area contributed by atoms with Gasteiger partial charge >= 0.3 is 5.97 Å². The lowest BCUT2D eigenvalue weighted by Gasteiger charge is -2.25. The van der Waals surface area contributed by atoms with Gasteiger partial charge in [0.2, 0.25) is 0 Å². The van der Waals surface area contributed by atoms with Crippen LogP contribution in [0.1, 0.15) is 43.1 Å². The molecule has 9 heteroatoms. The van der Waals surface area contributed by atoms with Gasteiger partial charge in [0.05, 0.1) is 35.7 Å². The first-order valence-electron chi connectivity index (χ1n) is 12.3. The molecule has 38 heavy (non-hydrogen) atoms. The summed E-state index contributed by atoms with van der Waals surface area (Å²) >= 11 is 6.19. The molecule has 198 valence electrons. The Hall–Kier alpha value is -3.62. The van der Waals surface area contributed by atoms with Crippen LogP contribution >= 0.6 is 11.6 Å². The molecule has 0 N–H and O–H groups in total. The number of rotatable bonds is 6. The molecule has 2 heterocycles. The van der Waals surface area contributed by atoms with E-state index in [0.717, 1.165) is 22.2 Å². The molecule has 0 radical (unpaired) electrons. The second-order valence-electron chi connectivity index (χ2n) is 8.50. The van der Waals surface area contributed by atoms with Crippen molar-refractivity contribution in [3.63, 3.8) is 0 Å². The van der Waals surface area contributed by atoms with E-state index in [9.17, 15) is 13.2 Å². The van der Waals surface area contributed by atoms with Crippen molar-refractivity contribution in [2.45, 2.75) is 44.7 Å². The quantitative estimate of drug-likeness (QED) is 0.250. The van der Waals surface area contributed by atoms with Crippen LogP contribution in [-0.2, 0) is 26.2 Å². The Balaban J connectivity index is 0.00000164. The summed E-state index contributed by atoms with van der Waals surface area (Å²) in [5, 5.41) is 1.53. The van der Waals surface area contributed by atoms with Crippen molar-refractivity contribution in [3.05, 3.63) is 94.6 Å². The molecule has 7 nitrogen and oxygen atoms in total. The number of carbonyl (C=O) groups excluding carboxylic acids is 1. The molecule has 3 aromatic carbocycles. The van der Waals surface area contributed by atoms with Crippen molar-refractivity contribution in [3.8, 4) is 5.75 Å². The van der Waals surface area contributed by atoms with Gasteiger partial charge in [-0.1, -0.05) is 43.6 Å². The van der Waals surface area contributed by atoms with Gasteiger partial charge in [-0.3, -0.25) is 14.1 Å². The molecule has 0 saturated carbocycles. The summed E-state index contributed by atoms with van der Waals surface area (Å²) < 4.78 is 38.9. The lowest BCUT2D eigenvalue weighted by molar-refractivity contribution is -0.141. The van der Waals surface area contributed by atoms with Crippen LogP contribution in [0.5, 0.6) is 5.75 Å². The molecule has 1 aliphatic heterocycles. The van der Waals surface area contributed by atoms with Crippen LogP contribution in [0, 0.1) is 6.92 Å². The summed E-state index contributed by atoms with van der Waals surface area (Å²) in [4.78, 5) is 16.8. The molecule has 0 fully saturated rings. The molecule has 1 aromatic heterocycles. The van der Waals surface area contributed by atoms with E-state index >= 15 is 0 Å². The SMILES string of the molecule is CC.COC(=O)CC1c2ccccc2S(=O)(=O)N1c1ccc(OCc2cc(C)nc3ccc(Cl)cc23)cc1. The minimum Gasteiger partial charge on any atom is -0.489 e. The zero-order valence-electron chi connectivity index (χ0n) is 21.6. The van der Waals surface area contributed by atoms with Crippen LogP contribution in [0.3, 0.4) is 0 Å². The van der Waals surface area contributed by atoms with E-state index in [1.165, 1.54) is 11.4 Å². The summed E-state index contributed by atoms with van der Waals surface area (Å²) in [6.45, 7) is 6.21. The fourth-order valence-corrected chi connectivity index (χ4v) is 6.59. The van der Waals surface area contributed by atoms with Crippen molar-refractivity contribution in [2.75, 3.05) is 11.4 Å². The highest BCUT2D eigenvalue weighted by molar-refractivity contribution is 7.93. The number of aromatic nitrogens is 1. The Bertz CT molecular complexity index is 1570. The fourth-order valence-electron chi connectivity index (χ4n) is 4.53. The van der Waals surface area contributed by atoms with Crippen molar-refractivity contribution in [1.82, 2.24) is 4.98 Å². The first-order valence-corrected chi connectivity index (χ1v) is 14.1. The molecule has 0 aliphatic carbocycles. The number of sulfonamides is 1. The maximum Gasteiger partial charge on any atom is 0.307 e. The molecule has 0 amide bonds. The van der Waals surface area contributed by atoms with Gasteiger partial charge in [0, 0.05) is 21.7 Å². The number of halogens is 1. The number of aryl methyl sites for hydroxylation is 1. The van der Waals surface area contributed by atoms with Crippen molar-refractivity contribution < 1.29 is 22.7 Å². The molecule has 1 aliphatic rings. The number of carbonyl (C=O) groups is 1. The standard InChI is InChI=1S/C27H23ClN2O5S.C2H6/c1-17-13-18(23-14-19(28)7-12-24(23)29-17)16-35-21-10-8-20(9-11-21)30-25(15-27(31)34-2)22-5-3-4-6-26(22)36(30,32)33;1-2/h3-14,25H,15-16H2,1-2H3;1-2H3. The number of ether oxygens (including phenoxy) is 2. The van der Waals surface area contributed by atoms with Gasteiger partial charge in [-0.15, -0.1) is 0 Å². The van der Waals surface area contributed by atoms with E-state index in [4.69, 9.17) is 21.1 Å². The van der Waals surface area contributed by atoms with Gasteiger partial charge in [0.15, 0.2) is 0 Å². The van der Waals surface area contributed by atoms with Crippen LogP contribution in [0.4, 0.5) is 5.69 Å². The van der Waals surface area contributed by atoms with Crippen molar-refractivity contribution in [2.24, 2.45) is 0 Å². The first kappa shape index (κ1) is 27.4. The van der Waals surface area contributed by atoms with Crippen LogP contribution in [0.25, 0.3) is 10.9 Å². The summed E-state index contributed by atoms with van der Waals surface area (Å²) in [5.74, 6) is 0.0823. The van der Waals surface area contributed by atoms with Crippen molar-refractivity contribution in [1.29, 1.82) is 0 Å². The zero-order chi connectivity index (χ0) is 27.4. The Kier molecular flexibility index (Phi) is 8.23. The van der Waals surface area contributed by atoms with Gasteiger partial charge in [0.1, 0.15) is 12.4 Å². The number of nitrogens with zero attached hydrogens (tertiary/aromatic N) is 2. The Morgan fingerprint density at radius 1 is 1.03 bits per heavy atom. The number of fused-ring (bicyclic) bond motifs is 2. The van der Waals surface area contributed by atoms with E-state index in [2.05, 4.69) is 4.98 Å². The number of benzene rings is 3. The minimum absolute atomic E-state index is 0.0952. The first-order chi connectivity index (χ1) is 18.3. The second kappa shape index (κ2) is 11.4. The smallest absolute Gasteiger partial charge is 0.307 e. The summed E-state index contributed by atoms with van der Waals surface area (Å²) in [6, 6.07) is 20.3. The van der Waals surface area contributed by atoms with Crippen molar-refractivity contribution >= 4 is 44.2 Å². The number of hydrogen-bond acceptors (Lipinski definition) is 6. The van der Waals surface area contributed by atoms with E-state index in [0.29, 0.717) is 22.0 Å². The molecule has 0 bridgehead atoms. The normalized spacial score (nSPS) is 15.4. The predicted octanol–water partition coefficient (Wildman–Crippen LogP) is 6.61. The number of methoxy groups -OCH3 is 1. The lowest BCUT2D eigenvalue weighted by atomic mass is 10.0. The third-order valence-electron chi connectivity index (χ3n) is 6.16. The zero-order valence-corrected chi connectivity index (χ0v) is 23.2. The Morgan fingerprint density at radius 2 is 1.74 bits per heavy atom. The molecule has 1 atom stereocenters. The topological polar surface area (TPSA) is 85.8 Å². The maximum absolute atomic E-state index is 13.4. The van der Waals surface area contributed by atoms with E-state index < -0.39 is 22.0 Å². The highest BCUT2D eigenvalue weighted by Gasteiger charge is 2.43. The van der Waals surface area contributed by atoms with Gasteiger partial charge in [0.25, 0.3) is 10.0 Å². The Labute approximate surface area is 228 Å². The minimum atomic E-state index is -3.84.